The number of pyridine rings is 1. The van der Waals surface area contributed by atoms with Crippen LogP contribution in [0.15, 0.2) is 16.7 Å². The topological polar surface area (TPSA) is 24.9 Å². The monoisotopic (exact) mass is 296 g/mol. The maximum atomic E-state index is 4.57. The summed E-state index contributed by atoms with van der Waals surface area (Å²) in [6.45, 7) is 5.48. The van der Waals surface area contributed by atoms with Gasteiger partial charge in [0.25, 0.3) is 0 Å². The van der Waals surface area contributed by atoms with Crippen LogP contribution < -0.4 is 5.32 Å². The second-order valence-corrected chi connectivity index (χ2v) is 6.07. The van der Waals surface area contributed by atoms with Crippen LogP contribution in [0.25, 0.3) is 0 Å². The molecule has 0 radical (unpaired) electrons. The van der Waals surface area contributed by atoms with Crippen LogP contribution in [0.2, 0.25) is 0 Å². The fraction of sp³-hybridized carbons (Fsp3) is 0.643. The summed E-state index contributed by atoms with van der Waals surface area (Å²) in [6.07, 6.45) is 5.58. The van der Waals surface area contributed by atoms with Crippen molar-refractivity contribution in [1.82, 2.24) is 4.98 Å². The molecule has 0 aliphatic heterocycles. The van der Waals surface area contributed by atoms with Crippen molar-refractivity contribution in [3.8, 4) is 0 Å². The smallest absolute Gasteiger partial charge is 0.106 e. The minimum Gasteiger partial charge on any atom is -0.383 e. The number of nitrogens with one attached hydrogen (secondary N) is 1. The van der Waals surface area contributed by atoms with Crippen LogP contribution in [-0.2, 0) is 0 Å². The van der Waals surface area contributed by atoms with Crippen LogP contribution in [-0.4, -0.2) is 11.5 Å². The molecule has 0 unspecified atom stereocenters. The average molecular weight is 297 g/mol. The Morgan fingerprint density at radius 2 is 2.06 bits per heavy atom. The SMILES string of the molecule is CC(C)c1nc(Br)ccc1NCC1CCCC1. The summed E-state index contributed by atoms with van der Waals surface area (Å²) < 4.78 is 0.924. The van der Waals surface area contributed by atoms with Crippen molar-refractivity contribution in [2.75, 3.05) is 11.9 Å². The molecule has 1 heterocycles. The zero-order chi connectivity index (χ0) is 12.3. The molecule has 0 atom stereocenters. The number of hydrogen-bond acceptors (Lipinski definition) is 2. The Bertz CT molecular complexity index is 370. The summed E-state index contributed by atoms with van der Waals surface area (Å²) in [5.41, 5.74) is 2.37. The van der Waals surface area contributed by atoms with Gasteiger partial charge in [-0.25, -0.2) is 4.98 Å². The lowest BCUT2D eigenvalue weighted by molar-refractivity contribution is 0.579. The lowest BCUT2D eigenvalue weighted by Crippen LogP contribution is -2.13. The van der Waals surface area contributed by atoms with Crippen LogP contribution in [0.4, 0.5) is 5.69 Å². The minimum atomic E-state index is 0.457. The molecule has 1 fully saturated rings. The number of halogens is 1. The van der Waals surface area contributed by atoms with Crippen LogP contribution in [0.1, 0.15) is 51.1 Å². The van der Waals surface area contributed by atoms with Crippen molar-refractivity contribution < 1.29 is 0 Å². The molecule has 0 amide bonds. The third-order valence-corrected chi connectivity index (χ3v) is 3.94. The Labute approximate surface area is 112 Å². The van der Waals surface area contributed by atoms with E-state index >= 15 is 0 Å². The summed E-state index contributed by atoms with van der Waals surface area (Å²) in [7, 11) is 0. The van der Waals surface area contributed by atoms with Crippen LogP contribution in [0.3, 0.4) is 0 Å². The summed E-state index contributed by atoms with van der Waals surface area (Å²) in [6, 6.07) is 4.16. The van der Waals surface area contributed by atoms with E-state index in [1.54, 1.807) is 0 Å². The van der Waals surface area contributed by atoms with Crippen molar-refractivity contribution in [2.45, 2.75) is 45.4 Å². The fourth-order valence-electron chi connectivity index (χ4n) is 2.51. The van der Waals surface area contributed by atoms with Crippen molar-refractivity contribution in [3.05, 3.63) is 22.4 Å². The molecule has 3 heteroatoms. The van der Waals surface area contributed by atoms with E-state index in [4.69, 9.17) is 0 Å². The first kappa shape index (κ1) is 12.9. The third-order valence-electron chi connectivity index (χ3n) is 3.49. The van der Waals surface area contributed by atoms with Gasteiger partial charge in [0.15, 0.2) is 0 Å². The van der Waals surface area contributed by atoms with E-state index in [9.17, 15) is 0 Å². The van der Waals surface area contributed by atoms with E-state index in [-0.39, 0.29) is 0 Å². The van der Waals surface area contributed by atoms with Gasteiger partial charge >= 0.3 is 0 Å². The van der Waals surface area contributed by atoms with Gasteiger partial charge in [0, 0.05) is 6.54 Å². The predicted molar refractivity (Wildman–Crippen MR) is 76.5 cm³/mol. The molecule has 17 heavy (non-hydrogen) atoms. The van der Waals surface area contributed by atoms with Gasteiger partial charge in [-0.05, 0) is 52.7 Å². The molecular formula is C14H21BrN2. The van der Waals surface area contributed by atoms with Gasteiger partial charge < -0.3 is 5.32 Å². The summed E-state index contributed by atoms with van der Waals surface area (Å²) in [5, 5.41) is 3.58. The maximum absolute atomic E-state index is 4.57. The molecule has 1 aliphatic carbocycles. The second-order valence-electron chi connectivity index (χ2n) is 5.25. The van der Waals surface area contributed by atoms with Crippen molar-refractivity contribution in [3.63, 3.8) is 0 Å². The Morgan fingerprint density at radius 1 is 1.35 bits per heavy atom. The van der Waals surface area contributed by atoms with Crippen molar-refractivity contribution in [1.29, 1.82) is 0 Å². The highest BCUT2D eigenvalue weighted by atomic mass is 79.9. The van der Waals surface area contributed by atoms with E-state index in [1.807, 2.05) is 6.07 Å². The number of nitrogens with zero attached hydrogens (tertiary/aromatic N) is 1. The number of rotatable bonds is 4. The Morgan fingerprint density at radius 3 is 2.71 bits per heavy atom. The maximum Gasteiger partial charge on any atom is 0.106 e. The molecule has 0 spiro atoms. The van der Waals surface area contributed by atoms with Gasteiger partial charge in [0.05, 0.1) is 11.4 Å². The molecule has 1 saturated carbocycles. The van der Waals surface area contributed by atoms with E-state index < -0.39 is 0 Å². The average Bonchev–Trinajstić information content (AvgIpc) is 2.80. The van der Waals surface area contributed by atoms with E-state index in [0.29, 0.717) is 5.92 Å². The highest BCUT2D eigenvalue weighted by Gasteiger charge is 2.16. The van der Waals surface area contributed by atoms with Gasteiger partial charge in [-0.15, -0.1) is 0 Å². The Balaban J connectivity index is 2.03. The zero-order valence-electron chi connectivity index (χ0n) is 10.7. The normalized spacial score (nSPS) is 16.7. The molecule has 0 aromatic carbocycles. The van der Waals surface area contributed by atoms with Crippen LogP contribution >= 0.6 is 15.9 Å². The van der Waals surface area contributed by atoms with Gasteiger partial charge in [0.2, 0.25) is 0 Å². The Kier molecular flexibility index (Phi) is 4.43. The molecule has 2 nitrogen and oxygen atoms in total. The first-order valence-corrected chi connectivity index (χ1v) is 7.36. The minimum absolute atomic E-state index is 0.457. The van der Waals surface area contributed by atoms with Crippen LogP contribution in [0.5, 0.6) is 0 Å². The quantitative estimate of drug-likeness (QED) is 0.823. The van der Waals surface area contributed by atoms with E-state index in [0.717, 1.165) is 22.8 Å². The lowest BCUT2D eigenvalue weighted by Gasteiger charge is -2.16. The highest BCUT2D eigenvalue weighted by molar-refractivity contribution is 9.10. The molecule has 1 aliphatic rings. The molecular weight excluding hydrogens is 276 g/mol. The first-order valence-electron chi connectivity index (χ1n) is 6.57. The number of hydrogen-bond donors (Lipinski definition) is 1. The van der Waals surface area contributed by atoms with Crippen molar-refractivity contribution >= 4 is 21.6 Å². The molecule has 1 aromatic heterocycles. The van der Waals surface area contributed by atoms with Gasteiger partial charge in [-0.3, -0.25) is 0 Å². The standard InChI is InChI=1S/C14H21BrN2/c1-10(2)14-12(7-8-13(15)17-14)16-9-11-5-3-4-6-11/h7-8,10-11,16H,3-6,9H2,1-2H3. The number of anilines is 1. The van der Waals surface area contributed by atoms with E-state index in [2.05, 4.69) is 46.1 Å². The first-order chi connectivity index (χ1) is 8.16. The molecule has 1 N–H and O–H groups in total. The van der Waals surface area contributed by atoms with E-state index in [1.165, 1.54) is 31.4 Å². The summed E-state index contributed by atoms with van der Waals surface area (Å²) in [4.78, 5) is 4.57. The second kappa shape index (κ2) is 5.85. The molecule has 0 saturated heterocycles. The number of aromatic nitrogens is 1. The molecule has 2 rings (SSSR count). The van der Waals surface area contributed by atoms with Gasteiger partial charge in [0.1, 0.15) is 4.60 Å². The fourth-order valence-corrected chi connectivity index (χ4v) is 2.83. The summed E-state index contributed by atoms with van der Waals surface area (Å²) >= 11 is 3.44. The highest BCUT2D eigenvalue weighted by Crippen LogP contribution is 2.28. The molecule has 94 valence electrons. The summed E-state index contributed by atoms with van der Waals surface area (Å²) in [5.74, 6) is 1.32. The largest absolute Gasteiger partial charge is 0.383 e. The zero-order valence-corrected chi connectivity index (χ0v) is 12.3. The van der Waals surface area contributed by atoms with Gasteiger partial charge in [-0.2, -0.15) is 0 Å². The molecule has 0 bridgehead atoms. The van der Waals surface area contributed by atoms with Crippen molar-refractivity contribution in [2.24, 2.45) is 5.92 Å². The lowest BCUT2D eigenvalue weighted by atomic mass is 10.1. The molecule has 1 aromatic rings. The predicted octanol–water partition coefficient (Wildman–Crippen LogP) is 4.57. The van der Waals surface area contributed by atoms with Gasteiger partial charge in [-0.1, -0.05) is 26.7 Å². The van der Waals surface area contributed by atoms with Crippen LogP contribution in [0, 0.1) is 5.92 Å². The Hall–Kier alpha value is -0.570. The third kappa shape index (κ3) is 3.44.